The SMILES string of the molecule is CCCCC1CCC(C(=O)NCCc2ccc(OCC)c(OCC)c2)CC1. The first kappa shape index (κ1) is 21.6. The van der Waals surface area contributed by atoms with Crippen LogP contribution in [0, 0.1) is 11.8 Å². The monoisotopic (exact) mass is 375 g/mol. The lowest BCUT2D eigenvalue weighted by atomic mass is 9.79. The molecule has 0 spiro atoms. The molecule has 4 nitrogen and oxygen atoms in total. The molecule has 152 valence electrons. The van der Waals surface area contributed by atoms with Crippen molar-refractivity contribution in [3.8, 4) is 11.5 Å². The Labute approximate surface area is 165 Å². The third-order valence-corrected chi connectivity index (χ3v) is 5.50. The van der Waals surface area contributed by atoms with Gasteiger partial charge in [0.25, 0.3) is 0 Å². The third-order valence-electron chi connectivity index (χ3n) is 5.50. The van der Waals surface area contributed by atoms with Crippen LogP contribution in [-0.2, 0) is 11.2 Å². The Kier molecular flexibility index (Phi) is 9.51. The van der Waals surface area contributed by atoms with Crippen LogP contribution in [0.4, 0.5) is 0 Å². The first-order valence-electron chi connectivity index (χ1n) is 10.8. The second kappa shape index (κ2) is 11.9. The summed E-state index contributed by atoms with van der Waals surface area (Å²) in [5, 5.41) is 3.14. The Morgan fingerprint density at radius 2 is 1.74 bits per heavy atom. The minimum Gasteiger partial charge on any atom is -0.490 e. The van der Waals surface area contributed by atoms with E-state index < -0.39 is 0 Å². The molecule has 0 saturated heterocycles. The van der Waals surface area contributed by atoms with E-state index in [2.05, 4.69) is 18.3 Å². The van der Waals surface area contributed by atoms with Crippen molar-refractivity contribution in [2.45, 2.75) is 72.1 Å². The largest absolute Gasteiger partial charge is 0.490 e. The fraction of sp³-hybridized carbons (Fsp3) is 0.696. The lowest BCUT2D eigenvalue weighted by Gasteiger charge is -2.27. The van der Waals surface area contributed by atoms with Crippen molar-refractivity contribution in [3.63, 3.8) is 0 Å². The molecule has 1 N–H and O–H groups in total. The number of hydrogen-bond donors (Lipinski definition) is 1. The van der Waals surface area contributed by atoms with Gasteiger partial charge < -0.3 is 14.8 Å². The highest BCUT2D eigenvalue weighted by molar-refractivity contribution is 5.78. The van der Waals surface area contributed by atoms with Gasteiger partial charge in [0.15, 0.2) is 11.5 Å². The molecule has 0 atom stereocenters. The molecule has 1 aromatic carbocycles. The smallest absolute Gasteiger partial charge is 0.223 e. The van der Waals surface area contributed by atoms with Crippen molar-refractivity contribution in [1.29, 1.82) is 0 Å². The zero-order valence-electron chi connectivity index (χ0n) is 17.4. The molecule has 27 heavy (non-hydrogen) atoms. The summed E-state index contributed by atoms with van der Waals surface area (Å²) in [6, 6.07) is 6.04. The van der Waals surface area contributed by atoms with E-state index in [4.69, 9.17) is 9.47 Å². The van der Waals surface area contributed by atoms with Crippen LogP contribution < -0.4 is 14.8 Å². The first-order chi connectivity index (χ1) is 13.2. The number of unbranched alkanes of at least 4 members (excludes halogenated alkanes) is 1. The van der Waals surface area contributed by atoms with Crippen LogP contribution in [0.5, 0.6) is 11.5 Å². The summed E-state index contributed by atoms with van der Waals surface area (Å²) in [5.41, 5.74) is 1.16. The Morgan fingerprint density at radius 1 is 1.04 bits per heavy atom. The van der Waals surface area contributed by atoms with Crippen molar-refractivity contribution >= 4 is 5.91 Å². The van der Waals surface area contributed by atoms with Gasteiger partial charge in [0.2, 0.25) is 5.91 Å². The van der Waals surface area contributed by atoms with Crippen molar-refractivity contribution in [2.75, 3.05) is 19.8 Å². The van der Waals surface area contributed by atoms with Crippen molar-refractivity contribution < 1.29 is 14.3 Å². The molecule has 0 aliphatic heterocycles. The molecule has 0 unspecified atom stereocenters. The van der Waals surface area contributed by atoms with Crippen molar-refractivity contribution in [2.24, 2.45) is 11.8 Å². The summed E-state index contributed by atoms with van der Waals surface area (Å²) >= 11 is 0. The van der Waals surface area contributed by atoms with Gasteiger partial charge in [-0.2, -0.15) is 0 Å². The summed E-state index contributed by atoms with van der Waals surface area (Å²) in [6.45, 7) is 8.10. The topological polar surface area (TPSA) is 47.6 Å². The molecule has 4 heteroatoms. The maximum absolute atomic E-state index is 12.5. The van der Waals surface area contributed by atoms with Crippen LogP contribution in [0.25, 0.3) is 0 Å². The highest BCUT2D eigenvalue weighted by atomic mass is 16.5. The predicted octanol–water partition coefficient (Wildman–Crippen LogP) is 5.14. The van der Waals surface area contributed by atoms with Gasteiger partial charge in [-0.3, -0.25) is 4.79 Å². The molecule has 1 aliphatic rings. The van der Waals surface area contributed by atoms with Gasteiger partial charge >= 0.3 is 0 Å². The van der Waals surface area contributed by atoms with E-state index in [1.165, 1.54) is 32.1 Å². The minimum absolute atomic E-state index is 0.210. The Balaban J connectivity index is 1.75. The normalized spacial score (nSPS) is 19.5. The van der Waals surface area contributed by atoms with E-state index in [1.54, 1.807) is 0 Å². The predicted molar refractivity (Wildman–Crippen MR) is 110 cm³/mol. The molecule has 2 rings (SSSR count). The van der Waals surface area contributed by atoms with Crippen LogP contribution in [0.1, 0.15) is 71.3 Å². The summed E-state index contributed by atoms with van der Waals surface area (Å²) in [5.74, 6) is 2.86. The third kappa shape index (κ3) is 7.08. The van der Waals surface area contributed by atoms with Crippen molar-refractivity contribution in [1.82, 2.24) is 5.32 Å². The van der Waals surface area contributed by atoms with E-state index in [0.717, 1.165) is 42.2 Å². The number of hydrogen-bond acceptors (Lipinski definition) is 3. The second-order valence-corrected chi connectivity index (χ2v) is 7.55. The second-order valence-electron chi connectivity index (χ2n) is 7.55. The van der Waals surface area contributed by atoms with Crippen LogP contribution >= 0.6 is 0 Å². The lowest BCUT2D eigenvalue weighted by molar-refractivity contribution is -0.126. The van der Waals surface area contributed by atoms with Gasteiger partial charge in [0.05, 0.1) is 13.2 Å². The van der Waals surface area contributed by atoms with Crippen LogP contribution in [0.15, 0.2) is 18.2 Å². The number of carbonyl (C=O) groups is 1. The highest BCUT2D eigenvalue weighted by Gasteiger charge is 2.25. The number of ether oxygens (including phenoxy) is 2. The molecule has 0 heterocycles. The molecular weight excluding hydrogens is 338 g/mol. The number of rotatable bonds is 11. The maximum Gasteiger partial charge on any atom is 0.223 e. The van der Waals surface area contributed by atoms with Gasteiger partial charge in [-0.05, 0) is 69.6 Å². The van der Waals surface area contributed by atoms with E-state index in [1.807, 2.05) is 26.0 Å². The van der Waals surface area contributed by atoms with Gasteiger partial charge in [0.1, 0.15) is 0 Å². The van der Waals surface area contributed by atoms with Gasteiger partial charge in [-0.25, -0.2) is 0 Å². The van der Waals surface area contributed by atoms with E-state index in [9.17, 15) is 4.79 Å². The lowest BCUT2D eigenvalue weighted by Crippen LogP contribution is -2.34. The van der Waals surface area contributed by atoms with Crippen molar-refractivity contribution in [3.05, 3.63) is 23.8 Å². The zero-order chi connectivity index (χ0) is 19.5. The standard InChI is InChI=1S/C23H37NO3/c1-4-7-8-18-9-12-20(13-10-18)23(25)24-16-15-19-11-14-21(26-5-2)22(17-19)27-6-3/h11,14,17-18,20H,4-10,12-13,15-16H2,1-3H3,(H,24,25). The molecule has 1 fully saturated rings. The van der Waals surface area contributed by atoms with Gasteiger partial charge in [-0.15, -0.1) is 0 Å². The fourth-order valence-electron chi connectivity index (χ4n) is 3.93. The molecule has 1 saturated carbocycles. The molecular formula is C23H37NO3. The number of benzene rings is 1. The van der Waals surface area contributed by atoms with E-state index in [-0.39, 0.29) is 11.8 Å². The number of nitrogens with one attached hydrogen (secondary N) is 1. The molecule has 1 amide bonds. The summed E-state index contributed by atoms with van der Waals surface area (Å²) in [7, 11) is 0. The van der Waals surface area contributed by atoms with E-state index >= 15 is 0 Å². The number of amides is 1. The Hall–Kier alpha value is -1.71. The molecule has 0 aromatic heterocycles. The summed E-state index contributed by atoms with van der Waals surface area (Å²) < 4.78 is 11.3. The Bertz CT molecular complexity index is 565. The van der Waals surface area contributed by atoms with Crippen LogP contribution in [0.2, 0.25) is 0 Å². The Morgan fingerprint density at radius 3 is 2.41 bits per heavy atom. The average molecular weight is 376 g/mol. The zero-order valence-corrected chi connectivity index (χ0v) is 17.4. The quantitative estimate of drug-likeness (QED) is 0.582. The fourth-order valence-corrected chi connectivity index (χ4v) is 3.93. The molecule has 1 aliphatic carbocycles. The average Bonchev–Trinajstić information content (AvgIpc) is 2.69. The van der Waals surface area contributed by atoms with Crippen LogP contribution in [-0.4, -0.2) is 25.7 Å². The highest BCUT2D eigenvalue weighted by Crippen LogP contribution is 2.32. The summed E-state index contributed by atoms with van der Waals surface area (Å²) in [4.78, 5) is 12.5. The van der Waals surface area contributed by atoms with Gasteiger partial charge in [-0.1, -0.05) is 32.3 Å². The molecule has 0 bridgehead atoms. The molecule has 1 aromatic rings. The van der Waals surface area contributed by atoms with Gasteiger partial charge in [0, 0.05) is 12.5 Å². The maximum atomic E-state index is 12.5. The van der Waals surface area contributed by atoms with Crippen LogP contribution in [0.3, 0.4) is 0 Å². The first-order valence-corrected chi connectivity index (χ1v) is 10.8. The number of carbonyl (C=O) groups excluding carboxylic acids is 1. The molecule has 0 radical (unpaired) electrons. The van der Waals surface area contributed by atoms with E-state index in [0.29, 0.717) is 19.8 Å². The summed E-state index contributed by atoms with van der Waals surface area (Å²) in [6.07, 6.45) is 9.29. The minimum atomic E-state index is 0.210.